The largest absolute Gasteiger partial charge is 0.494 e. The van der Waals surface area contributed by atoms with Crippen molar-refractivity contribution in [1.29, 1.82) is 0 Å². The van der Waals surface area contributed by atoms with Crippen LogP contribution < -0.4 is 10.1 Å². The van der Waals surface area contributed by atoms with E-state index in [4.69, 9.17) is 4.74 Å². The van der Waals surface area contributed by atoms with Crippen molar-refractivity contribution in [2.75, 3.05) is 26.2 Å². The first kappa shape index (κ1) is 15.3. The second kappa shape index (κ2) is 6.59. The van der Waals surface area contributed by atoms with Crippen LogP contribution in [0.2, 0.25) is 0 Å². The molecule has 1 fully saturated rings. The minimum atomic E-state index is 0.203. The third-order valence-corrected chi connectivity index (χ3v) is 4.17. The maximum absolute atomic E-state index is 5.65. The van der Waals surface area contributed by atoms with Gasteiger partial charge in [-0.2, -0.15) is 0 Å². The van der Waals surface area contributed by atoms with Crippen LogP contribution in [0, 0.1) is 0 Å². The Morgan fingerprint density at radius 3 is 2.60 bits per heavy atom. The number of nitrogens with one attached hydrogen (secondary N) is 1. The quantitative estimate of drug-likeness (QED) is 0.893. The standard InChI is InChI=1S/C17H28N2O/c1-5-12-20-16-8-6-15(7-9-16)14(2)19-11-10-18-13-17(19,3)4/h6-9,14,18H,5,10-13H2,1-4H3. The summed E-state index contributed by atoms with van der Waals surface area (Å²) in [5, 5.41) is 3.48. The molecule has 1 aliphatic rings. The summed E-state index contributed by atoms with van der Waals surface area (Å²) in [5.41, 5.74) is 1.57. The first-order valence-electron chi connectivity index (χ1n) is 7.75. The molecule has 1 aromatic carbocycles. The molecule has 1 heterocycles. The molecule has 1 aromatic rings. The molecule has 0 radical (unpaired) electrons. The Morgan fingerprint density at radius 2 is 2.00 bits per heavy atom. The molecule has 20 heavy (non-hydrogen) atoms. The SMILES string of the molecule is CCCOc1ccc(C(C)N2CCNCC2(C)C)cc1. The summed E-state index contributed by atoms with van der Waals surface area (Å²) in [6.45, 7) is 13.1. The lowest BCUT2D eigenvalue weighted by Crippen LogP contribution is -2.58. The minimum absolute atomic E-state index is 0.203. The van der Waals surface area contributed by atoms with Gasteiger partial charge in [-0.3, -0.25) is 4.90 Å². The van der Waals surface area contributed by atoms with Crippen molar-refractivity contribution in [3.05, 3.63) is 29.8 Å². The highest BCUT2D eigenvalue weighted by Gasteiger charge is 2.33. The molecule has 1 atom stereocenters. The summed E-state index contributed by atoms with van der Waals surface area (Å²) in [6, 6.07) is 9.03. The van der Waals surface area contributed by atoms with Crippen molar-refractivity contribution in [2.45, 2.75) is 45.7 Å². The number of hydrogen-bond donors (Lipinski definition) is 1. The van der Waals surface area contributed by atoms with Gasteiger partial charge in [0.25, 0.3) is 0 Å². The maximum Gasteiger partial charge on any atom is 0.119 e. The van der Waals surface area contributed by atoms with E-state index in [9.17, 15) is 0 Å². The molecule has 1 aliphatic heterocycles. The highest BCUT2D eigenvalue weighted by atomic mass is 16.5. The summed E-state index contributed by atoms with van der Waals surface area (Å²) in [7, 11) is 0. The molecule has 0 bridgehead atoms. The molecule has 3 nitrogen and oxygen atoms in total. The molecule has 112 valence electrons. The van der Waals surface area contributed by atoms with E-state index in [1.807, 2.05) is 0 Å². The zero-order valence-corrected chi connectivity index (χ0v) is 13.3. The summed E-state index contributed by atoms with van der Waals surface area (Å²) in [5.74, 6) is 0.974. The average Bonchev–Trinajstić information content (AvgIpc) is 2.44. The van der Waals surface area contributed by atoms with Crippen LogP contribution in [0.25, 0.3) is 0 Å². The van der Waals surface area contributed by atoms with Gasteiger partial charge in [-0.1, -0.05) is 19.1 Å². The third kappa shape index (κ3) is 3.53. The van der Waals surface area contributed by atoms with E-state index in [1.165, 1.54) is 5.56 Å². The predicted molar refractivity (Wildman–Crippen MR) is 84.3 cm³/mol. The van der Waals surface area contributed by atoms with Crippen molar-refractivity contribution in [1.82, 2.24) is 10.2 Å². The minimum Gasteiger partial charge on any atom is -0.494 e. The van der Waals surface area contributed by atoms with Gasteiger partial charge in [-0.25, -0.2) is 0 Å². The van der Waals surface area contributed by atoms with E-state index in [-0.39, 0.29) is 5.54 Å². The van der Waals surface area contributed by atoms with E-state index < -0.39 is 0 Å². The number of benzene rings is 1. The van der Waals surface area contributed by atoms with Crippen molar-refractivity contribution in [3.63, 3.8) is 0 Å². The highest BCUT2D eigenvalue weighted by molar-refractivity contribution is 5.29. The topological polar surface area (TPSA) is 24.5 Å². The molecule has 0 amide bonds. The van der Waals surface area contributed by atoms with Crippen molar-refractivity contribution in [2.24, 2.45) is 0 Å². The molecule has 0 spiro atoms. The van der Waals surface area contributed by atoms with Crippen LogP contribution in [0.1, 0.15) is 45.7 Å². The fourth-order valence-corrected chi connectivity index (χ4v) is 2.96. The molecule has 0 aliphatic carbocycles. The molecule has 3 heteroatoms. The predicted octanol–water partition coefficient (Wildman–Crippen LogP) is 3.22. The fraction of sp³-hybridized carbons (Fsp3) is 0.647. The van der Waals surface area contributed by atoms with E-state index in [0.717, 1.165) is 38.4 Å². The Hall–Kier alpha value is -1.06. The normalized spacial score (nSPS) is 20.6. The van der Waals surface area contributed by atoms with Gasteiger partial charge < -0.3 is 10.1 Å². The second-order valence-electron chi connectivity index (χ2n) is 6.28. The van der Waals surface area contributed by atoms with E-state index in [0.29, 0.717) is 6.04 Å². The molecule has 2 rings (SSSR count). The van der Waals surface area contributed by atoms with E-state index in [1.54, 1.807) is 0 Å². The van der Waals surface area contributed by atoms with Crippen LogP contribution in [0.5, 0.6) is 5.75 Å². The number of rotatable bonds is 5. The van der Waals surface area contributed by atoms with Crippen LogP contribution >= 0.6 is 0 Å². The Morgan fingerprint density at radius 1 is 1.30 bits per heavy atom. The van der Waals surface area contributed by atoms with Gasteiger partial charge in [0.05, 0.1) is 6.61 Å². The summed E-state index contributed by atoms with van der Waals surface area (Å²) in [4.78, 5) is 2.59. The van der Waals surface area contributed by atoms with Crippen LogP contribution in [-0.2, 0) is 0 Å². The van der Waals surface area contributed by atoms with Gasteiger partial charge >= 0.3 is 0 Å². The Balaban J connectivity index is 2.06. The van der Waals surface area contributed by atoms with E-state index >= 15 is 0 Å². The Labute approximate surface area is 123 Å². The molecular weight excluding hydrogens is 248 g/mol. The summed E-state index contributed by atoms with van der Waals surface area (Å²) < 4.78 is 5.65. The molecule has 1 unspecified atom stereocenters. The van der Waals surface area contributed by atoms with Crippen LogP contribution in [-0.4, -0.2) is 36.7 Å². The zero-order chi connectivity index (χ0) is 14.6. The summed E-state index contributed by atoms with van der Waals surface area (Å²) in [6.07, 6.45) is 1.05. The zero-order valence-electron chi connectivity index (χ0n) is 13.3. The smallest absolute Gasteiger partial charge is 0.119 e. The number of hydrogen-bond acceptors (Lipinski definition) is 3. The Kier molecular flexibility index (Phi) is 5.06. The van der Waals surface area contributed by atoms with E-state index in [2.05, 4.69) is 62.2 Å². The first-order valence-corrected chi connectivity index (χ1v) is 7.75. The maximum atomic E-state index is 5.65. The lowest BCUT2D eigenvalue weighted by atomic mass is 9.95. The molecule has 0 saturated carbocycles. The van der Waals surface area contributed by atoms with Crippen molar-refractivity contribution < 1.29 is 4.74 Å². The highest BCUT2D eigenvalue weighted by Crippen LogP contribution is 2.29. The van der Waals surface area contributed by atoms with Gasteiger partial charge in [0.2, 0.25) is 0 Å². The lowest BCUT2D eigenvalue weighted by Gasteiger charge is -2.46. The van der Waals surface area contributed by atoms with Gasteiger partial charge in [-0.15, -0.1) is 0 Å². The average molecular weight is 276 g/mol. The van der Waals surface area contributed by atoms with Gasteiger partial charge in [0, 0.05) is 31.2 Å². The summed E-state index contributed by atoms with van der Waals surface area (Å²) >= 11 is 0. The van der Waals surface area contributed by atoms with Gasteiger partial charge in [-0.05, 0) is 44.9 Å². The van der Waals surface area contributed by atoms with Crippen LogP contribution in [0.3, 0.4) is 0 Å². The molecule has 0 aromatic heterocycles. The van der Waals surface area contributed by atoms with Crippen LogP contribution in [0.4, 0.5) is 0 Å². The fourth-order valence-electron chi connectivity index (χ4n) is 2.96. The van der Waals surface area contributed by atoms with Gasteiger partial charge in [0.15, 0.2) is 0 Å². The van der Waals surface area contributed by atoms with Crippen molar-refractivity contribution in [3.8, 4) is 5.75 Å². The number of nitrogens with zero attached hydrogens (tertiary/aromatic N) is 1. The number of ether oxygens (including phenoxy) is 1. The second-order valence-corrected chi connectivity index (χ2v) is 6.28. The lowest BCUT2D eigenvalue weighted by molar-refractivity contribution is 0.0516. The van der Waals surface area contributed by atoms with Crippen molar-refractivity contribution >= 4 is 0 Å². The molecule has 1 N–H and O–H groups in total. The molecular formula is C17H28N2O. The van der Waals surface area contributed by atoms with Gasteiger partial charge in [0.1, 0.15) is 5.75 Å². The van der Waals surface area contributed by atoms with Crippen LogP contribution in [0.15, 0.2) is 24.3 Å². The molecule has 1 saturated heterocycles. The first-order chi connectivity index (χ1) is 9.54. The monoisotopic (exact) mass is 276 g/mol. The Bertz CT molecular complexity index is 414. The third-order valence-electron chi connectivity index (χ3n) is 4.17. The number of piperazine rings is 1.